The van der Waals surface area contributed by atoms with E-state index in [-0.39, 0.29) is 0 Å². The Morgan fingerprint density at radius 1 is 0.968 bits per heavy atom. The second kappa shape index (κ2) is 10.2. The summed E-state index contributed by atoms with van der Waals surface area (Å²) in [5.74, 6) is 0. The van der Waals surface area contributed by atoms with Crippen molar-refractivity contribution in [3.8, 4) is 6.07 Å². The first kappa shape index (κ1) is 22.4. The number of halogens is 2. The van der Waals surface area contributed by atoms with Crippen LogP contribution in [0.2, 0.25) is 10.0 Å². The zero-order chi connectivity index (χ0) is 22.4. The van der Waals surface area contributed by atoms with Crippen LogP contribution in [-0.4, -0.2) is 13.5 Å². The molecule has 0 saturated heterocycles. The van der Waals surface area contributed by atoms with E-state index in [4.69, 9.17) is 23.2 Å². The van der Waals surface area contributed by atoms with Crippen molar-refractivity contribution in [3.63, 3.8) is 0 Å². The van der Waals surface area contributed by atoms with E-state index in [0.717, 1.165) is 29.1 Å². The van der Waals surface area contributed by atoms with Gasteiger partial charge in [-0.2, -0.15) is 5.26 Å². The Kier molecular flexibility index (Phi) is 7.36. The maximum atomic E-state index is 12.2. The Hall–Kier alpha value is -3.26. The molecule has 0 unspecified atom stereocenters. The molecule has 6 heteroatoms. The molecule has 3 rings (SSSR count). The molecule has 0 fully saturated rings. The highest BCUT2D eigenvalue weighted by Gasteiger charge is 2.21. The van der Waals surface area contributed by atoms with E-state index in [1.54, 1.807) is 35.2 Å². The first-order valence-electron chi connectivity index (χ1n) is 9.71. The third kappa shape index (κ3) is 5.08. The van der Waals surface area contributed by atoms with Crippen LogP contribution in [0.3, 0.4) is 0 Å². The highest BCUT2D eigenvalue weighted by molar-refractivity contribution is 6.31. The van der Waals surface area contributed by atoms with Crippen LogP contribution in [0, 0.1) is 11.3 Å². The van der Waals surface area contributed by atoms with E-state index >= 15 is 0 Å². The monoisotopic (exact) mass is 449 g/mol. The molecule has 4 nitrogen and oxygen atoms in total. The third-order valence-corrected chi connectivity index (χ3v) is 5.43. The third-order valence-electron chi connectivity index (χ3n) is 4.92. The van der Waals surface area contributed by atoms with Crippen molar-refractivity contribution in [1.82, 2.24) is 0 Å². The molecule has 3 aromatic rings. The minimum Gasteiger partial charge on any atom is -0.343 e. The maximum absolute atomic E-state index is 12.2. The van der Waals surface area contributed by atoms with Crippen LogP contribution in [0.5, 0.6) is 0 Å². The summed E-state index contributed by atoms with van der Waals surface area (Å²) in [6, 6.07) is 24.1. The molecule has 3 aromatic carbocycles. The Morgan fingerprint density at radius 3 is 2.06 bits per heavy atom. The molecular weight excluding hydrogens is 429 g/mol. The van der Waals surface area contributed by atoms with E-state index in [9.17, 15) is 10.1 Å². The van der Waals surface area contributed by atoms with Gasteiger partial charge in [0.25, 0.3) is 0 Å². The zero-order valence-electron chi connectivity index (χ0n) is 17.2. The molecule has 0 atom stereocenters. The van der Waals surface area contributed by atoms with E-state index in [1.165, 1.54) is 0 Å². The number of amides is 1. The fraction of sp³-hybridized carbons (Fsp3) is 0.120. The topological polar surface area (TPSA) is 47.3 Å². The van der Waals surface area contributed by atoms with E-state index < -0.39 is 0 Å². The van der Waals surface area contributed by atoms with Crippen molar-refractivity contribution in [1.29, 1.82) is 5.26 Å². The lowest BCUT2D eigenvalue weighted by Crippen LogP contribution is -2.27. The van der Waals surface area contributed by atoms with Gasteiger partial charge >= 0.3 is 0 Å². The number of nitriles is 1. The molecule has 0 radical (unpaired) electrons. The molecule has 1 amide bonds. The quantitative estimate of drug-likeness (QED) is 0.375. The van der Waals surface area contributed by atoms with Gasteiger partial charge in [-0.05, 0) is 67.1 Å². The Morgan fingerprint density at radius 2 is 1.55 bits per heavy atom. The number of anilines is 2. The van der Waals surface area contributed by atoms with Crippen LogP contribution in [0.25, 0.3) is 5.70 Å². The molecule has 0 heterocycles. The van der Waals surface area contributed by atoms with Crippen LogP contribution in [0.1, 0.15) is 24.5 Å². The number of allylic oxidation sites excluding steroid dienone is 1. The lowest BCUT2D eigenvalue weighted by molar-refractivity contribution is -0.107. The highest BCUT2D eigenvalue weighted by atomic mass is 35.5. The number of hydrogen-bond acceptors (Lipinski definition) is 3. The van der Waals surface area contributed by atoms with Crippen LogP contribution in [0.4, 0.5) is 11.4 Å². The van der Waals surface area contributed by atoms with E-state index in [1.807, 2.05) is 61.3 Å². The van der Waals surface area contributed by atoms with Crippen molar-refractivity contribution in [3.05, 3.63) is 99.7 Å². The van der Waals surface area contributed by atoms with Crippen LogP contribution >= 0.6 is 23.2 Å². The first-order chi connectivity index (χ1) is 15.0. The van der Waals surface area contributed by atoms with Gasteiger partial charge in [0.1, 0.15) is 0 Å². The largest absolute Gasteiger partial charge is 0.343 e. The maximum Gasteiger partial charge on any atom is 0.218 e. The second-order valence-corrected chi connectivity index (χ2v) is 7.70. The van der Waals surface area contributed by atoms with Crippen LogP contribution in [0.15, 0.2) is 78.5 Å². The molecule has 0 aliphatic heterocycles. The van der Waals surface area contributed by atoms with Crippen LogP contribution in [-0.2, 0) is 4.79 Å². The van der Waals surface area contributed by atoms with E-state index in [2.05, 4.69) is 6.07 Å². The molecule has 0 saturated carbocycles. The minimum absolute atomic E-state index is 0.541. The van der Waals surface area contributed by atoms with Crippen molar-refractivity contribution < 1.29 is 4.79 Å². The minimum atomic E-state index is 0.541. The summed E-state index contributed by atoms with van der Waals surface area (Å²) in [5, 5.41) is 10.6. The van der Waals surface area contributed by atoms with Gasteiger partial charge in [0.05, 0.1) is 17.3 Å². The number of nitrogens with zero attached hydrogens (tertiary/aromatic N) is 3. The normalized spacial score (nSPS) is 11.3. The van der Waals surface area contributed by atoms with Crippen molar-refractivity contribution in [2.75, 3.05) is 16.8 Å². The summed E-state index contributed by atoms with van der Waals surface area (Å²) in [5.41, 5.74) is 4.56. The molecule has 31 heavy (non-hydrogen) atoms. The highest BCUT2D eigenvalue weighted by Crippen LogP contribution is 2.33. The van der Waals surface area contributed by atoms with Gasteiger partial charge in [0, 0.05) is 39.7 Å². The summed E-state index contributed by atoms with van der Waals surface area (Å²) >= 11 is 12.1. The Balaban J connectivity index is 2.25. The predicted molar refractivity (Wildman–Crippen MR) is 128 cm³/mol. The first-order valence-corrected chi connectivity index (χ1v) is 10.5. The van der Waals surface area contributed by atoms with Gasteiger partial charge in [-0.1, -0.05) is 42.3 Å². The Labute approximate surface area is 192 Å². The van der Waals surface area contributed by atoms with Crippen molar-refractivity contribution >= 4 is 46.7 Å². The number of hydrogen-bond donors (Lipinski definition) is 0. The molecule has 0 N–H and O–H groups in total. The SMILES string of the molecule is CC/C(=C(\c1cccc(C#N)c1)N(C)c1ccc(Cl)cc1)N(C=O)c1ccc(Cl)cc1. The zero-order valence-corrected chi connectivity index (χ0v) is 18.7. The lowest BCUT2D eigenvalue weighted by Gasteiger charge is -2.30. The van der Waals surface area contributed by atoms with Crippen molar-refractivity contribution in [2.24, 2.45) is 0 Å². The molecule has 0 aliphatic carbocycles. The molecular formula is C25H21Cl2N3O. The average Bonchev–Trinajstić information content (AvgIpc) is 2.80. The summed E-state index contributed by atoms with van der Waals surface area (Å²) in [7, 11) is 1.93. The fourth-order valence-electron chi connectivity index (χ4n) is 3.42. The lowest BCUT2D eigenvalue weighted by atomic mass is 10.0. The van der Waals surface area contributed by atoms with E-state index in [0.29, 0.717) is 27.7 Å². The fourth-order valence-corrected chi connectivity index (χ4v) is 3.67. The summed E-state index contributed by atoms with van der Waals surface area (Å²) in [6.45, 7) is 1.99. The molecule has 0 aromatic heterocycles. The summed E-state index contributed by atoms with van der Waals surface area (Å²) in [4.78, 5) is 15.8. The number of benzene rings is 3. The van der Waals surface area contributed by atoms with Gasteiger partial charge in [-0.25, -0.2) is 0 Å². The molecule has 0 aliphatic rings. The second-order valence-electron chi connectivity index (χ2n) is 6.83. The van der Waals surface area contributed by atoms with Gasteiger partial charge in [-0.3, -0.25) is 9.69 Å². The Bertz CT molecular complexity index is 1130. The number of rotatable bonds is 7. The number of carbonyl (C=O) groups excluding carboxylic acids is 1. The average molecular weight is 450 g/mol. The van der Waals surface area contributed by atoms with Gasteiger partial charge in [0.15, 0.2) is 0 Å². The standard InChI is InChI=1S/C25H21Cl2N3O/c1-3-24(30(17-31)23-13-9-21(27)10-14-23)25(19-6-4-5-18(15-19)16-28)29(2)22-11-7-20(26)8-12-22/h4-15,17H,3H2,1-2H3/b25-24-. The molecule has 0 bridgehead atoms. The van der Waals surface area contributed by atoms with Gasteiger partial charge < -0.3 is 4.90 Å². The van der Waals surface area contributed by atoms with Gasteiger partial charge in [-0.15, -0.1) is 0 Å². The predicted octanol–water partition coefficient (Wildman–Crippen LogP) is 6.74. The van der Waals surface area contributed by atoms with Gasteiger partial charge in [0.2, 0.25) is 6.41 Å². The smallest absolute Gasteiger partial charge is 0.218 e. The summed E-state index contributed by atoms with van der Waals surface area (Å²) < 4.78 is 0. The molecule has 156 valence electrons. The molecule has 0 spiro atoms. The van der Waals surface area contributed by atoms with Crippen LogP contribution < -0.4 is 9.80 Å². The number of carbonyl (C=O) groups is 1. The van der Waals surface area contributed by atoms with Crippen molar-refractivity contribution in [2.45, 2.75) is 13.3 Å². The summed E-state index contributed by atoms with van der Waals surface area (Å²) in [6.07, 6.45) is 1.37.